The first-order chi connectivity index (χ1) is 12.5. The summed E-state index contributed by atoms with van der Waals surface area (Å²) < 4.78 is 8.08. The first kappa shape index (κ1) is 18.8. The Bertz CT molecular complexity index is 786. The lowest BCUT2D eigenvalue weighted by atomic mass is 10.1. The molecule has 1 aliphatic carbocycles. The van der Waals surface area contributed by atoms with Crippen LogP contribution >= 0.6 is 11.8 Å². The number of hydrogen-bond acceptors (Lipinski definition) is 5. The van der Waals surface area contributed by atoms with Crippen LogP contribution < -0.4 is 10.1 Å². The number of amides is 1. The van der Waals surface area contributed by atoms with Crippen molar-refractivity contribution in [2.24, 2.45) is 0 Å². The molecule has 140 valence electrons. The Morgan fingerprint density at radius 1 is 1.35 bits per heavy atom. The van der Waals surface area contributed by atoms with E-state index in [-0.39, 0.29) is 12.0 Å². The minimum atomic E-state index is -0.223. The van der Waals surface area contributed by atoms with Gasteiger partial charge in [-0.1, -0.05) is 17.8 Å². The van der Waals surface area contributed by atoms with E-state index in [2.05, 4.69) is 35.4 Å². The Balaban J connectivity index is 1.65. The van der Waals surface area contributed by atoms with E-state index in [1.165, 1.54) is 22.9 Å². The number of nitrogens with one attached hydrogen (secondary N) is 1. The SMILES string of the molecule is CCn1c(SCC(=O)NC2CC2)nnc1C(C)Oc1ccc(C)c(C)c1. The molecule has 6 nitrogen and oxygen atoms in total. The molecule has 1 unspecified atom stereocenters. The van der Waals surface area contributed by atoms with Crippen molar-refractivity contribution in [1.82, 2.24) is 20.1 Å². The molecule has 0 saturated heterocycles. The topological polar surface area (TPSA) is 69.0 Å². The van der Waals surface area contributed by atoms with Gasteiger partial charge in [0, 0.05) is 12.6 Å². The number of nitrogens with zero attached hydrogens (tertiary/aromatic N) is 3. The molecule has 1 aromatic carbocycles. The second kappa shape index (κ2) is 8.12. The highest BCUT2D eigenvalue weighted by Gasteiger charge is 2.24. The number of carbonyl (C=O) groups excluding carboxylic acids is 1. The van der Waals surface area contributed by atoms with Crippen LogP contribution in [0, 0.1) is 13.8 Å². The van der Waals surface area contributed by atoms with Gasteiger partial charge in [0.25, 0.3) is 0 Å². The average Bonchev–Trinajstić information content (AvgIpc) is 3.32. The van der Waals surface area contributed by atoms with E-state index in [0.717, 1.165) is 36.1 Å². The third kappa shape index (κ3) is 4.58. The Hall–Kier alpha value is -2.02. The molecule has 0 spiro atoms. The minimum absolute atomic E-state index is 0.0594. The summed E-state index contributed by atoms with van der Waals surface area (Å²) in [6.45, 7) is 8.90. The molecular weight excluding hydrogens is 348 g/mol. The molecule has 3 rings (SSSR count). The van der Waals surface area contributed by atoms with Gasteiger partial charge in [-0.05, 0) is 63.8 Å². The Labute approximate surface area is 158 Å². The van der Waals surface area contributed by atoms with Gasteiger partial charge in [-0.25, -0.2) is 0 Å². The number of rotatable bonds is 8. The first-order valence-electron chi connectivity index (χ1n) is 9.07. The Morgan fingerprint density at radius 2 is 2.12 bits per heavy atom. The fourth-order valence-electron chi connectivity index (χ4n) is 2.68. The smallest absolute Gasteiger partial charge is 0.230 e. The molecular formula is C19H26N4O2S. The predicted octanol–water partition coefficient (Wildman–Crippen LogP) is 3.43. The maximum atomic E-state index is 11.9. The van der Waals surface area contributed by atoms with Gasteiger partial charge in [-0.2, -0.15) is 0 Å². The van der Waals surface area contributed by atoms with Crippen molar-refractivity contribution in [1.29, 1.82) is 0 Å². The number of hydrogen-bond donors (Lipinski definition) is 1. The first-order valence-corrected chi connectivity index (χ1v) is 10.1. The highest BCUT2D eigenvalue weighted by atomic mass is 32.2. The molecule has 1 aliphatic rings. The van der Waals surface area contributed by atoms with Crippen molar-refractivity contribution in [3.63, 3.8) is 0 Å². The maximum Gasteiger partial charge on any atom is 0.230 e. The summed E-state index contributed by atoms with van der Waals surface area (Å²) in [7, 11) is 0. The summed E-state index contributed by atoms with van der Waals surface area (Å²) in [6, 6.07) is 6.45. The molecule has 0 aliphatic heterocycles. The quantitative estimate of drug-likeness (QED) is 0.717. The van der Waals surface area contributed by atoms with E-state index >= 15 is 0 Å². The number of aryl methyl sites for hydroxylation is 2. The summed E-state index contributed by atoms with van der Waals surface area (Å²) in [5.41, 5.74) is 2.44. The van der Waals surface area contributed by atoms with E-state index in [0.29, 0.717) is 11.8 Å². The van der Waals surface area contributed by atoms with Gasteiger partial charge in [0.05, 0.1) is 5.75 Å². The summed E-state index contributed by atoms with van der Waals surface area (Å²) in [5, 5.41) is 12.3. The molecule has 1 aromatic heterocycles. The van der Waals surface area contributed by atoms with Crippen LogP contribution in [0.1, 0.15) is 49.7 Å². The van der Waals surface area contributed by atoms with Crippen molar-refractivity contribution < 1.29 is 9.53 Å². The lowest BCUT2D eigenvalue weighted by Gasteiger charge is -2.16. The van der Waals surface area contributed by atoms with Crippen LogP contribution in [0.5, 0.6) is 5.75 Å². The summed E-state index contributed by atoms with van der Waals surface area (Å²) in [4.78, 5) is 11.9. The van der Waals surface area contributed by atoms with Crippen LogP contribution in [-0.4, -0.2) is 32.5 Å². The second-order valence-electron chi connectivity index (χ2n) is 6.72. The molecule has 1 amide bonds. The molecule has 7 heteroatoms. The number of carbonyl (C=O) groups is 1. The molecule has 1 saturated carbocycles. The molecule has 1 N–H and O–H groups in total. The molecule has 0 radical (unpaired) electrons. The van der Waals surface area contributed by atoms with Crippen molar-refractivity contribution in [3.05, 3.63) is 35.2 Å². The van der Waals surface area contributed by atoms with Crippen LogP contribution in [0.3, 0.4) is 0 Å². The second-order valence-corrected chi connectivity index (χ2v) is 7.66. The van der Waals surface area contributed by atoms with Crippen LogP contribution in [0.15, 0.2) is 23.4 Å². The monoisotopic (exact) mass is 374 g/mol. The lowest BCUT2D eigenvalue weighted by Crippen LogP contribution is -2.27. The van der Waals surface area contributed by atoms with E-state index in [9.17, 15) is 4.79 Å². The summed E-state index contributed by atoms with van der Waals surface area (Å²) in [6.07, 6.45) is 1.97. The van der Waals surface area contributed by atoms with Gasteiger partial charge in [0.2, 0.25) is 5.91 Å². The summed E-state index contributed by atoms with van der Waals surface area (Å²) in [5.74, 6) is 2.02. The molecule has 2 aromatic rings. The van der Waals surface area contributed by atoms with Gasteiger partial charge in [-0.15, -0.1) is 10.2 Å². The third-order valence-electron chi connectivity index (χ3n) is 4.49. The zero-order chi connectivity index (χ0) is 18.7. The summed E-state index contributed by atoms with van der Waals surface area (Å²) >= 11 is 1.42. The number of thioether (sulfide) groups is 1. The van der Waals surface area contributed by atoms with Gasteiger partial charge in [0.1, 0.15) is 5.75 Å². The molecule has 0 bridgehead atoms. The third-order valence-corrected chi connectivity index (χ3v) is 5.46. The standard InChI is InChI=1S/C19H26N4O2S/c1-5-23-18(14(4)25-16-9-6-12(2)13(3)10-16)21-22-19(23)26-11-17(24)20-15-7-8-15/h6,9-10,14-15H,5,7-8,11H2,1-4H3,(H,20,24). The number of benzene rings is 1. The van der Waals surface area contributed by atoms with E-state index in [1.807, 2.05) is 30.5 Å². The van der Waals surface area contributed by atoms with Gasteiger partial charge >= 0.3 is 0 Å². The highest BCUT2D eigenvalue weighted by Crippen LogP contribution is 2.26. The van der Waals surface area contributed by atoms with Gasteiger partial charge in [0.15, 0.2) is 17.1 Å². The normalized spacial score (nSPS) is 14.9. The Morgan fingerprint density at radius 3 is 2.77 bits per heavy atom. The van der Waals surface area contributed by atoms with Crippen molar-refractivity contribution in [2.45, 2.75) is 64.4 Å². The van der Waals surface area contributed by atoms with E-state index in [4.69, 9.17) is 4.74 Å². The fourth-order valence-corrected chi connectivity index (χ4v) is 3.50. The lowest BCUT2D eigenvalue weighted by molar-refractivity contribution is -0.118. The molecule has 26 heavy (non-hydrogen) atoms. The van der Waals surface area contributed by atoms with Crippen molar-refractivity contribution in [3.8, 4) is 5.75 Å². The van der Waals surface area contributed by atoms with Crippen molar-refractivity contribution >= 4 is 17.7 Å². The minimum Gasteiger partial charge on any atom is -0.483 e. The number of ether oxygens (including phenoxy) is 1. The predicted molar refractivity (Wildman–Crippen MR) is 103 cm³/mol. The van der Waals surface area contributed by atoms with Crippen LogP contribution in [-0.2, 0) is 11.3 Å². The molecule has 1 fully saturated rings. The van der Waals surface area contributed by atoms with Crippen molar-refractivity contribution in [2.75, 3.05) is 5.75 Å². The molecule has 1 atom stereocenters. The van der Waals surface area contributed by atoms with Crippen LogP contribution in [0.2, 0.25) is 0 Å². The van der Waals surface area contributed by atoms with Crippen LogP contribution in [0.25, 0.3) is 0 Å². The largest absolute Gasteiger partial charge is 0.483 e. The molecule has 1 heterocycles. The number of aromatic nitrogens is 3. The van der Waals surface area contributed by atoms with E-state index < -0.39 is 0 Å². The van der Waals surface area contributed by atoms with Crippen LogP contribution in [0.4, 0.5) is 0 Å². The van der Waals surface area contributed by atoms with Gasteiger partial charge < -0.3 is 14.6 Å². The van der Waals surface area contributed by atoms with Gasteiger partial charge in [-0.3, -0.25) is 4.79 Å². The fraction of sp³-hybridized carbons (Fsp3) is 0.526. The zero-order valence-corrected chi connectivity index (χ0v) is 16.6. The zero-order valence-electron chi connectivity index (χ0n) is 15.8. The highest BCUT2D eigenvalue weighted by molar-refractivity contribution is 7.99. The maximum absolute atomic E-state index is 11.9. The van der Waals surface area contributed by atoms with E-state index in [1.54, 1.807) is 0 Å². The average molecular weight is 375 g/mol. The Kier molecular flexibility index (Phi) is 5.86.